The van der Waals surface area contributed by atoms with Gasteiger partial charge in [-0.2, -0.15) is 0 Å². The molecule has 2 heterocycles. The number of esters is 2. The van der Waals surface area contributed by atoms with Crippen LogP contribution in [-0.4, -0.2) is 68.4 Å². The number of hydrogen-bond acceptors (Lipinski definition) is 8. The van der Waals surface area contributed by atoms with E-state index < -0.39 is 0 Å². The minimum Gasteiger partial charge on any atom is -0.465 e. The van der Waals surface area contributed by atoms with E-state index in [1.165, 1.54) is 114 Å². The van der Waals surface area contributed by atoms with Gasteiger partial charge in [-0.3, -0.25) is 23.5 Å². The predicted molar refractivity (Wildman–Crippen MR) is 293 cm³/mol. The maximum atomic E-state index is 13.1. The van der Waals surface area contributed by atoms with Crippen LogP contribution in [0.5, 0.6) is 0 Å². The molecule has 0 N–H and O–H groups in total. The molecule has 0 radical (unpaired) electrons. The molecule has 0 amide bonds. The fraction of sp³-hybridized carbons (Fsp3) is 0.879. The average molecular weight is 975 g/mol. The molecule has 2 rings (SSSR count). The van der Waals surface area contributed by atoms with Crippen LogP contribution in [0.15, 0.2) is 15.9 Å². The van der Waals surface area contributed by atoms with Gasteiger partial charge in [0.1, 0.15) is 5.65 Å². The molecule has 11 nitrogen and oxygen atoms in total. The van der Waals surface area contributed by atoms with Crippen molar-refractivity contribution in [3.8, 4) is 0 Å². The summed E-state index contributed by atoms with van der Waals surface area (Å²) in [5.74, 6) is 0.113. The van der Waals surface area contributed by atoms with E-state index in [1.54, 1.807) is 13.4 Å². The number of hydrogen-bond donors (Lipinski definition) is 0. The highest BCUT2D eigenvalue weighted by molar-refractivity contribution is 5.72. The standard InChI is InChI=1S/C52H95N5O6.2C3H8/c1-7-11-15-18-20-28-36-45(34-26-14-10-4)50(59)62-42-32-24-22-30-38-56(40-41-57-44-53-47-48(57)54(5)52(61)55(6)49(47)58)39-31-23-25-33-43-63-51(60)46(35-27-17-13-9-3)37-29-21-19-16-12-8-2;2*1-3-2/h44-46H,7-43H2,1-6H3;2*3H2,1-2H3. The summed E-state index contributed by atoms with van der Waals surface area (Å²) < 4.78 is 16.3. The number of aromatic nitrogens is 4. The summed E-state index contributed by atoms with van der Waals surface area (Å²) in [6.07, 6.45) is 39.1. The van der Waals surface area contributed by atoms with E-state index in [0.29, 0.717) is 30.9 Å². The molecule has 2 atom stereocenters. The first kappa shape index (κ1) is 66.0. The molecule has 0 spiro atoms. The Bertz CT molecular complexity index is 1620. The third kappa shape index (κ3) is 31.9. The topological polar surface area (TPSA) is 118 Å². The minimum atomic E-state index is -0.370. The van der Waals surface area contributed by atoms with Crippen molar-refractivity contribution in [3.63, 3.8) is 0 Å². The van der Waals surface area contributed by atoms with Crippen molar-refractivity contribution >= 4 is 23.1 Å². The monoisotopic (exact) mass is 974 g/mol. The van der Waals surface area contributed by atoms with Crippen molar-refractivity contribution in [1.82, 2.24) is 23.6 Å². The Labute approximate surface area is 424 Å². The second-order valence-electron chi connectivity index (χ2n) is 20.1. The quantitative estimate of drug-likeness (QED) is 0.0477. The van der Waals surface area contributed by atoms with Crippen LogP contribution in [0.4, 0.5) is 0 Å². The molecule has 0 aliphatic heterocycles. The Balaban J connectivity index is 0.00000729. The summed E-state index contributed by atoms with van der Waals surface area (Å²) in [6, 6.07) is 0. The van der Waals surface area contributed by atoms with Gasteiger partial charge in [-0.15, -0.1) is 0 Å². The third-order valence-electron chi connectivity index (χ3n) is 13.1. The molecule has 2 unspecified atom stereocenters. The zero-order chi connectivity index (χ0) is 51.3. The van der Waals surface area contributed by atoms with Gasteiger partial charge in [0.25, 0.3) is 5.56 Å². The van der Waals surface area contributed by atoms with E-state index in [9.17, 15) is 19.2 Å². The summed E-state index contributed by atoms with van der Waals surface area (Å²) in [5.41, 5.74) is 0.145. The number of imidazole rings is 1. The third-order valence-corrected chi connectivity index (χ3v) is 13.1. The van der Waals surface area contributed by atoms with Gasteiger partial charge in [0.2, 0.25) is 0 Å². The molecule has 0 bridgehead atoms. The molecule has 0 aliphatic carbocycles. The van der Waals surface area contributed by atoms with Crippen LogP contribution in [0.1, 0.15) is 267 Å². The van der Waals surface area contributed by atoms with Gasteiger partial charge in [-0.1, -0.05) is 216 Å². The number of fused-ring (bicyclic) bond motifs is 1. The molecule has 2 aromatic heterocycles. The summed E-state index contributed by atoms with van der Waals surface area (Å²) in [4.78, 5) is 58.6. The first-order valence-corrected chi connectivity index (χ1v) is 29.2. The van der Waals surface area contributed by atoms with E-state index >= 15 is 0 Å². The molecule has 404 valence electrons. The summed E-state index contributed by atoms with van der Waals surface area (Å²) >= 11 is 0. The highest BCUT2D eigenvalue weighted by Gasteiger charge is 2.21. The van der Waals surface area contributed by atoms with Crippen molar-refractivity contribution in [2.75, 3.05) is 32.8 Å². The first-order valence-electron chi connectivity index (χ1n) is 29.2. The maximum absolute atomic E-state index is 13.1. The molecule has 11 heteroatoms. The van der Waals surface area contributed by atoms with Crippen LogP contribution in [0.3, 0.4) is 0 Å². The van der Waals surface area contributed by atoms with Gasteiger partial charge in [0, 0.05) is 27.2 Å². The molecule has 0 aliphatic rings. The molecule has 0 fully saturated rings. The zero-order valence-electron chi connectivity index (χ0n) is 47.0. The Morgan fingerprint density at radius 1 is 0.493 bits per heavy atom. The number of aryl methyl sites for hydroxylation is 1. The van der Waals surface area contributed by atoms with E-state index in [-0.39, 0.29) is 35.0 Å². The van der Waals surface area contributed by atoms with Crippen molar-refractivity contribution in [1.29, 1.82) is 0 Å². The highest BCUT2D eigenvalue weighted by atomic mass is 16.5. The van der Waals surface area contributed by atoms with Gasteiger partial charge in [0.05, 0.1) is 31.4 Å². The highest BCUT2D eigenvalue weighted by Crippen LogP contribution is 2.22. The normalized spacial score (nSPS) is 12.1. The van der Waals surface area contributed by atoms with Crippen molar-refractivity contribution in [3.05, 3.63) is 27.2 Å². The SMILES string of the molecule is CCC.CCC.CCCCCCCCC(CCCCC)C(=O)OCCCCCCN(CCCCCCOC(=O)C(CCCCCC)CCCCCCCC)CCn1cnc2c(=O)n(C)c(=O)n(C)c21. The van der Waals surface area contributed by atoms with Gasteiger partial charge >= 0.3 is 17.6 Å². The Kier molecular flexibility index (Phi) is 44.2. The molecule has 69 heavy (non-hydrogen) atoms. The number of carbonyl (C=O) groups is 2. The zero-order valence-corrected chi connectivity index (χ0v) is 47.0. The number of carbonyl (C=O) groups excluding carboxylic acids is 2. The number of unbranched alkanes of at least 4 members (excludes halogenated alkanes) is 21. The maximum Gasteiger partial charge on any atom is 0.332 e. The molecule has 0 aromatic carbocycles. The van der Waals surface area contributed by atoms with Gasteiger partial charge in [-0.25, -0.2) is 9.78 Å². The Morgan fingerprint density at radius 2 is 0.841 bits per heavy atom. The molecule has 2 aromatic rings. The summed E-state index contributed by atoms with van der Waals surface area (Å²) in [6.45, 7) is 21.7. The van der Waals surface area contributed by atoms with E-state index in [4.69, 9.17) is 9.47 Å². The molecule has 0 saturated heterocycles. The summed E-state index contributed by atoms with van der Waals surface area (Å²) in [7, 11) is 3.19. The average Bonchev–Trinajstić information content (AvgIpc) is 3.77. The van der Waals surface area contributed by atoms with Crippen LogP contribution >= 0.6 is 0 Å². The summed E-state index contributed by atoms with van der Waals surface area (Å²) in [5, 5.41) is 0. The fourth-order valence-corrected chi connectivity index (χ4v) is 8.91. The van der Waals surface area contributed by atoms with E-state index in [1.807, 2.05) is 4.57 Å². The predicted octanol–water partition coefficient (Wildman–Crippen LogP) is 15.1. The van der Waals surface area contributed by atoms with Crippen molar-refractivity contribution in [2.45, 2.75) is 274 Å². The van der Waals surface area contributed by atoms with Crippen molar-refractivity contribution in [2.24, 2.45) is 25.9 Å². The minimum absolute atomic E-state index is 0.0110. The lowest BCUT2D eigenvalue weighted by Crippen LogP contribution is -2.37. The van der Waals surface area contributed by atoms with Crippen LogP contribution in [-0.2, 0) is 39.7 Å². The second-order valence-corrected chi connectivity index (χ2v) is 20.1. The lowest BCUT2D eigenvalue weighted by molar-refractivity contribution is -0.150. The molecular weight excluding hydrogens is 863 g/mol. The van der Waals surface area contributed by atoms with Gasteiger partial charge in [0.15, 0.2) is 5.52 Å². The largest absolute Gasteiger partial charge is 0.465 e. The smallest absolute Gasteiger partial charge is 0.332 e. The Hall–Kier alpha value is -2.95. The first-order chi connectivity index (χ1) is 33.5. The molecule has 0 saturated carbocycles. The second kappa shape index (κ2) is 46.1. The van der Waals surface area contributed by atoms with Crippen LogP contribution in [0, 0.1) is 11.8 Å². The Morgan fingerprint density at radius 3 is 1.28 bits per heavy atom. The number of nitrogens with zero attached hydrogens (tertiary/aromatic N) is 5. The van der Waals surface area contributed by atoms with Crippen molar-refractivity contribution < 1.29 is 19.1 Å². The van der Waals surface area contributed by atoms with E-state index in [0.717, 1.165) is 133 Å². The fourth-order valence-electron chi connectivity index (χ4n) is 8.91. The van der Waals surface area contributed by atoms with Crippen LogP contribution in [0.2, 0.25) is 0 Å². The lowest BCUT2D eigenvalue weighted by Gasteiger charge is -2.23. The van der Waals surface area contributed by atoms with Crippen LogP contribution < -0.4 is 11.2 Å². The molecular formula is C58H111N5O6. The van der Waals surface area contributed by atoms with Gasteiger partial charge in [-0.05, 0) is 64.5 Å². The number of rotatable bonds is 42. The number of ether oxygens (including phenoxy) is 2. The lowest BCUT2D eigenvalue weighted by atomic mass is 9.94. The van der Waals surface area contributed by atoms with Gasteiger partial charge < -0.3 is 18.9 Å². The van der Waals surface area contributed by atoms with Crippen LogP contribution in [0.25, 0.3) is 11.2 Å². The van der Waals surface area contributed by atoms with E-state index in [2.05, 4.69) is 65.3 Å².